The fourth-order valence-electron chi connectivity index (χ4n) is 1.25. The van der Waals surface area contributed by atoms with Crippen molar-refractivity contribution < 1.29 is 0 Å². The third-order valence-corrected chi connectivity index (χ3v) is 2.13. The predicted octanol–water partition coefficient (Wildman–Crippen LogP) is 1.76. The van der Waals surface area contributed by atoms with Gasteiger partial charge in [0.25, 0.3) is 5.56 Å². The molecule has 3 N–H and O–H groups in total. The van der Waals surface area contributed by atoms with Crippen LogP contribution in [0, 0.1) is 0 Å². The molecule has 1 aromatic carbocycles. The molecule has 1 aromatic heterocycles. The largest absolute Gasteiger partial charge is 0.397 e. The molecule has 66 valence electrons. The van der Waals surface area contributed by atoms with Gasteiger partial charge in [-0.05, 0) is 18.2 Å². The molecule has 0 aliphatic rings. The number of nitrogen functional groups attached to an aromatic ring is 1. The number of H-pyrrole nitrogens is 1. The smallest absolute Gasteiger partial charge is 0.255 e. The number of aromatic amines is 1. The molecule has 0 unspecified atom stereocenters. The van der Waals surface area contributed by atoms with E-state index in [0.29, 0.717) is 21.5 Å². The molecule has 0 saturated heterocycles. The maximum Gasteiger partial charge on any atom is 0.255 e. The molecular formula is C9H7ClN2O. The zero-order valence-electron chi connectivity index (χ0n) is 6.67. The van der Waals surface area contributed by atoms with Crippen LogP contribution in [0.15, 0.2) is 29.2 Å². The number of nitrogens with two attached hydrogens (primary N) is 1. The third kappa shape index (κ3) is 1.27. The van der Waals surface area contributed by atoms with Crippen LogP contribution in [-0.4, -0.2) is 4.98 Å². The normalized spacial score (nSPS) is 10.5. The minimum atomic E-state index is -0.152. The summed E-state index contributed by atoms with van der Waals surface area (Å²) in [7, 11) is 0. The lowest BCUT2D eigenvalue weighted by atomic mass is 10.1. The first-order valence-corrected chi connectivity index (χ1v) is 4.13. The van der Waals surface area contributed by atoms with E-state index in [9.17, 15) is 4.79 Å². The molecule has 2 aromatic rings. The SMILES string of the molecule is Nc1c[nH]c(=O)c2ccc(Cl)cc12. The number of fused-ring (bicyclic) bond motifs is 1. The number of nitrogens with one attached hydrogen (secondary N) is 1. The van der Waals surface area contributed by atoms with Crippen LogP contribution in [0.25, 0.3) is 10.8 Å². The Bertz CT molecular complexity index is 518. The number of anilines is 1. The summed E-state index contributed by atoms with van der Waals surface area (Å²) in [6, 6.07) is 5.01. The minimum absolute atomic E-state index is 0.152. The monoisotopic (exact) mass is 194 g/mol. The second-order valence-corrected chi connectivity index (χ2v) is 3.20. The molecule has 0 fully saturated rings. The van der Waals surface area contributed by atoms with Crippen molar-refractivity contribution in [2.75, 3.05) is 5.73 Å². The fourth-order valence-corrected chi connectivity index (χ4v) is 1.42. The summed E-state index contributed by atoms with van der Waals surface area (Å²) in [4.78, 5) is 13.8. The van der Waals surface area contributed by atoms with E-state index in [1.54, 1.807) is 18.2 Å². The number of hydrogen-bond acceptors (Lipinski definition) is 2. The molecule has 0 amide bonds. The van der Waals surface area contributed by atoms with Gasteiger partial charge in [0.2, 0.25) is 0 Å². The van der Waals surface area contributed by atoms with Gasteiger partial charge in [-0.3, -0.25) is 4.79 Å². The number of aromatic nitrogens is 1. The highest BCUT2D eigenvalue weighted by atomic mass is 35.5. The second-order valence-electron chi connectivity index (χ2n) is 2.76. The maximum absolute atomic E-state index is 11.3. The molecule has 2 rings (SSSR count). The van der Waals surface area contributed by atoms with Gasteiger partial charge in [0.15, 0.2) is 0 Å². The summed E-state index contributed by atoms with van der Waals surface area (Å²) in [6.07, 6.45) is 1.47. The van der Waals surface area contributed by atoms with E-state index in [-0.39, 0.29) is 5.56 Å². The van der Waals surface area contributed by atoms with E-state index in [0.717, 1.165) is 0 Å². The van der Waals surface area contributed by atoms with Crippen LogP contribution in [0.4, 0.5) is 5.69 Å². The molecular weight excluding hydrogens is 188 g/mol. The van der Waals surface area contributed by atoms with E-state index >= 15 is 0 Å². The molecule has 1 heterocycles. The molecule has 0 radical (unpaired) electrons. The van der Waals surface area contributed by atoms with Crippen LogP contribution in [0.1, 0.15) is 0 Å². The van der Waals surface area contributed by atoms with Gasteiger partial charge in [-0.1, -0.05) is 11.6 Å². The highest BCUT2D eigenvalue weighted by Gasteiger charge is 2.01. The number of halogens is 1. The molecule has 0 spiro atoms. The van der Waals surface area contributed by atoms with Crippen LogP contribution in [-0.2, 0) is 0 Å². The van der Waals surface area contributed by atoms with E-state index in [1.807, 2.05) is 0 Å². The highest BCUT2D eigenvalue weighted by Crippen LogP contribution is 2.20. The van der Waals surface area contributed by atoms with Gasteiger partial charge < -0.3 is 10.7 Å². The van der Waals surface area contributed by atoms with Gasteiger partial charge in [-0.15, -0.1) is 0 Å². The van der Waals surface area contributed by atoms with Crippen molar-refractivity contribution in [1.29, 1.82) is 0 Å². The van der Waals surface area contributed by atoms with E-state index in [2.05, 4.69) is 4.98 Å². The predicted molar refractivity (Wildman–Crippen MR) is 54.0 cm³/mol. The zero-order valence-corrected chi connectivity index (χ0v) is 7.43. The standard InChI is InChI=1S/C9H7ClN2O/c10-5-1-2-6-7(3-5)8(11)4-12-9(6)13/h1-4H,11H2,(H,12,13). The quantitative estimate of drug-likeness (QED) is 0.672. The van der Waals surface area contributed by atoms with Crippen molar-refractivity contribution in [2.45, 2.75) is 0 Å². The molecule has 0 atom stereocenters. The number of pyridine rings is 1. The van der Waals surface area contributed by atoms with Crippen LogP contribution < -0.4 is 11.3 Å². The Balaban J connectivity index is 3.01. The second kappa shape index (κ2) is 2.78. The van der Waals surface area contributed by atoms with Crippen LogP contribution in [0.2, 0.25) is 5.02 Å². The Hall–Kier alpha value is -1.48. The zero-order chi connectivity index (χ0) is 9.42. The molecule has 0 aliphatic heterocycles. The molecule has 0 saturated carbocycles. The van der Waals surface area contributed by atoms with Gasteiger partial charge >= 0.3 is 0 Å². The maximum atomic E-state index is 11.3. The fraction of sp³-hybridized carbons (Fsp3) is 0. The molecule has 3 nitrogen and oxygen atoms in total. The lowest BCUT2D eigenvalue weighted by Gasteiger charge is -2.00. The highest BCUT2D eigenvalue weighted by molar-refractivity contribution is 6.31. The van der Waals surface area contributed by atoms with Gasteiger partial charge in [-0.2, -0.15) is 0 Å². The average Bonchev–Trinajstić information content (AvgIpc) is 2.12. The van der Waals surface area contributed by atoms with Gasteiger partial charge in [-0.25, -0.2) is 0 Å². The number of hydrogen-bond donors (Lipinski definition) is 2. The Morgan fingerprint density at radius 3 is 2.85 bits per heavy atom. The first-order valence-electron chi connectivity index (χ1n) is 3.75. The summed E-state index contributed by atoms with van der Waals surface area (Å²) in [5.41, 5.74) is 6.04. The summed E-state index contributed by atoms with van der Waals surface area (Å²) < 4.78 is 0. The molecule has 13 heavy (non-hydrogen) atoms. The van der Waals surface area contributed by atoms with E-state index < -0.39 is 0 Å². The topological polar surface area (TPSA) is 58.9 Å². The summed E-state index contributed by atoms with van der Waals surface area (Å²) in [5, 5.41) is 1.82. The van der Waals surface area contributed by atoms with Crippen molar-refractivity contribution in [1.82, 2.24) is 4.98 Å². The number of benzene rings is 1. The van der Waals surface area contributed by atoms with Crippen LogP contribution >= 0.6 is 11.6 Å². The van der Waals surface area contributed by atoms with Crippen LogP contribution in [0.5, 0.6) is 0 Å². The third-order valence-electron chi connectivity index (χ3n) is 1.90. The average molecular weight is 195 g/mol. The minimum Gasteiger partial charge on any atom is -0.397 e. The Labute approximate surface area is 79.1 Å². The summed E-state index contributed by atoms with van der Waals surface area (Å²) in [6.45, 7) is 0. The Kier molecular flexibility index (Phi) is 1.74. The van der Waals surface area contributed by atoms with Crippen molar-refractivity contribution in [3.8, 4) is 0 Å². The van der Waals surface area contributed by atoms with E-state index in [4.69, 9.17) is 17.3 Å². The lowest BCUT2D eigenvalue weighted by molar-refractivity contribution is 1.28. The van der Waals surface area contributed by atoms with Gasteiger partial charge in [0, 0.05) is 22.0 Å². The summed E-state index contributed by atoms with van der Waals surface area (Å²) >= 11 is 5.78. The Morgan fingerprint density at radius 2 is 2.08 bits per heavy atom. The van der Waals surface area contributed by atoms with Crippen molar-refractivity contribution in [3.05, 3.63) is 39.8 Å². The van der Waals surface area contributed by atoms with Crippen LogP contribution in [0.3, 0.4) is 0 Å². The first kappa shape index (κ1) is 8.13. The Morgan fingerprint density at radius 1 is 1.31 bits per heavy atom. The van der Waals surface area contributed by atoms with Crippen molar-refractivity contribution >= 4 is 28.1 Å². The number of rotatable bonds is 0. The van der Waals surface area contributed by atoms with Crippen molar-refractivity contribution in [2.24, 2.45) is 0 Å². The molecule has 4 heteroatoms. The first-order chi connectivity index (χ1) is 6.18. The lowest BCUT2D eigenvalue weighted by Crippen LogP contribution is -2.06. The summed E-state index contributed by atoms with van der Waals surface area (Å²) in [5.74, 6) is 0. The van der Waals surface area contributed by atoms with E-state index in [1.165, 1.54) is 6.20 Å². The van der Waals surface area contributed by atoms with Gasteiger partial charge in [0.1, 0.15) is 0 Å². The molecule has 0 aliphatic carbocycles. The molecule has 0 bridgehead atoms. The van der Waals surface area contributed by atoms with Gasteiger partial charge in [0.05, 0.1) is 5.69 Å². The van der Waals surface area contributed by atoms with Crippen molar-refractivity contribution in [3.63, 3.8) is 0 Å².